The number of nitrogen functional groups attached to an aromatic ring is 1. The zero-order valence-corrected chi connectivity index (χ0v) is 8.37. The van der Waals surface area contributed by atoms with Crippen molar-refractivity contribution in [3.8, 4) is 0 Å². The van der Waals surface area contributed by atoms with Gasteiger partial charge in [-0.25, -0.2) is 0 Å². The third-order valence-electron chi connectivity index (χ3n) is 1.78. The van der Waals surface area contributed by atoms with Crippen LogP contribution in [0.2, 0.25) is 0 Å². The van der Waals surface area contributed by atoms with Crippen LogP contribution in [-0.4, -0.2) is 10.9 Å². The van der Waals surface area contributed by atoms with E-state index in [1.807, 2.05) is 6.92 Å². The zero-order chi connectivity index (χ0) is 8.97. The van der Waals surface area contributed by atoms with Crippen LogP contribution in [0.3, 0.4) is 0 Å². The van der Waals surface area contributed by atoms with E-state index in [4.69, 9.17) is 5.73 Å². The fourth-order valence-corrected chi connectivity index (χ4v) is 1.63. The third-order valence-corrected chi connectivity index (χ3v) is 2.70. The SMILES string of the molecule is CCCCNc1snc(N)c1C. The van der Waals surface area contributed by atoms with Gasteiger partial charge in [0, 0.05) is 12.1 Å². The van der Waals surface area contributed by atoms with Gasteiger partial charge in [-0.15, -0.1) is 0 Å². The van der Waals surface area contributed by atoms with Crippen LogP contribution in [0.4, 0.5) is 10.8 Å². The standard InChI is InChI=1S/C8H15N3S/c1-3-4-5-10-8-6(2)7(9)11-12-8/h10H,3-5H2,1-2H3,(H2,9,11). The monoisotopic (exact) mass is 185 g/mol. The molecule has 0 bridgehead atoms. The van der Waals surface area contributed by atoms with Crippen molar-refractivity contribution in [1.82, 2.24) is 4.37 Å². The summed E-state index contributed by atoms with van der Waals surface area (Å²) in [6.07, 6.45) is 2.40. The van der Waals surface area contributed by atoms with Gasteiger partial charge in [0.05, 0.1) is 0 Å². The predicted molar refractivity (Wildman–Crippen MR) is 54.7 cm³/mol. The number of nitrogens with two attached hydrogens (primary N) is 1. The Balaban J connectivity index is 2.46. The minimum atomic E-state index is 0.652. The molecule has 12 heavy (non-hydrogen) atoms. The highest BCUT2D eigenvalue weighted by molar-refractivity contribution is 7.10. The van der Waals surface area contributed by atoms with Crippen molar-refractivity contribution in [3.63, 3.8) is 0 Å². The first-order chi connectivity index (χ1) is 5.75. The minimum Gasteiger partial charge on any atom is -0.383 e. The maximum absolute atomic E-state index is 5.60. The summed E-state index contributed by atoms with van der Waals surface area (Å²) in [5.74, 6) is 0.652. The van der Waals surface area contributed by atoms with Crippen molar-refractivity contribution < 1.29 is 0 Å². The molecule has 1 aromatic heterocycles. The summed E-state index contributed by atoms with van der Waals surface area (Å²) in [6.45, 7) is 5.18. The highest BCUT2D eigenvalue weighted by Crippen LogP contribution is 2.24. The average molecular weight is 185 g/mol. The van der Waals surface area contributed by atoms with Crippen molar-refractivity contribution in [2.45, 2.75) is 26.7 Å². The van der Waals surface area contributed by atoms with Crippen LogP contribution in [0.15, 0.2) is 0 Å². The number of aromatic nitrogens is 1. The molecular formula is C8H15N3S. The van der Waals surface area contributed by atoms with Crippen LogP contribution in [0.1, 0.15) is 25.3 Å². The molecule has 1 rings (SSSR count). The molecule has 0 aromatic carbocycles. The fourth-order valence-electron chi connectivity index (χ4n) is 0.892. The molecule has 0 aliphatic heterocycles. The van der Waals surface area contributed by atoms with Gasteiger partial charge in [-0.05, 0) is 24.9 Å². The van der Waals surface area contributed by atoms with Gasteiger partial charge < -0.3 is 11.1 Å². The van der Waals surface area contributed by atoms with Gasteiger partial charge in [-0.2, -0.15) is 4.37 Å². The van der Waals surface area contributed by atoms with Gasteiger partial charge in [0.25, 0.3) is 0 Å². The van der Waals surface area contributed by atoms with Gasteiger partial charge in [-0.3, -0.25) is 0 Å². The quantitative estimate of drug-likeness (QED) is 0.707. The lowest BCUT2D eigenvalue weighted by molar-refractivity contribution is 0.835. The molecule has 0 radical (unpaired) electrons. The molecule has 0 saturated heterocycles. The molecular weight excluding hydrogens is 170 g/mol. The summed E-state index contributed by atoms with van der Waals surface area (Å²) in [5, 5.41) is 4.42. The summed E-state index contributed by atoms with van der Waals surface area (Å²) >= 11 is 1.44. The number of nitrogens with one attached hydrogen (secondary N) is 1. The minimum absolute atomic E-state index is 0.652. The second kappa shape index (κ2) is 4.30. The van der Waals surface area contributed by atoms with Crippen LogP contribution in [-0.2, 0) is 0 Å². The molecule has 4 heteroatoms. The Morgan fingerprint density at radius 3 is 2.83 bits per heavy atom. The zero-order valence-electron chi connectivity index (χ0n) is 7.55. The van der Waals surface area contributed by atoms with Gasteiger partial charge >= 0.3 is 0 Å². The molecule has 0 fully saturated rings. The molecule has 1 heterocycles. The number of anilines is 2. The van der Waals surface area contributed by atoms with Crippen molar-refractivity contribution in [2.75, 3.05) is 17.6 Å². The summed E-state index contributed by atoms with van der Waals surface area (Å²) in [7, 11) is 0. The predicted octanol–water partition coefficient (Wildman–Crippen LogP) is 2.25. The van der Waals surface area contributed by atoms with Crippen molar-refractivity contribution in [3.05, 3.63) is 5.56 Å². The third kappa shape index (κ3) is 2.11. The Bertz CT molecular complexity index is 244. The normalized spacial score (nSPS) is 10.2. The molecule has 0 aliphatic rings. The van der Waals surface area contributed by atoms with Crippen LogP contribution in [0.5, 0.6) is 0 Å². The second-order valence-corrected chi connectivity index (χ2v) is 3.58. The number of rotatable bonds is 4. The van der Waals surface area contributed by atoms with E-state index < -0.39 is 0 Å². The van der Waals surface area contributed by atoms with E-state index >= 15 is 0 Å². The molecule has 0 amide bonds. The number of hydrogen-bond donors (Lipinski definition) is 2. The van der Waals surface area contributed by atoms with Gasteiger partial charge in [0.1, 0.15) is 10.8 Å². The Morgan fingerprint density at radius 1 is 1.58 bits per heavy atom. The van der Waals surface area contributed by atoms with Gasteiger partial charge in [0.15, 0.2) is 0 Å². The molecule has 3 N–H and O–H groups in total. The highest BCUT2D eigenvalue weighted by Gasteiger charge is 2.04. The molecule has 0 unspecified atom stereocenters. The molecule has 0 atom stereocenters. The summed E-state index contributed by atoms with van der Waals surface area (Å²) in [4.78, 5) is 0. The summed E-state index contributed by atoms with van der Waals surface area (Å²) in [5.41, 5.74) is 6.68. The van der Waals surface area contributed by atoms with Crippen LogP contribution in [0.25, 0.3) is 0 Å². The van der Waals surface area contributed by atoms with Crippen LogP contribution in [0, 0.1) is 6.92 Å². The lowest BCUT2D eigenvalue weighted by Gasteiger charge is -2.01. The summed E-state index contributed by atoms with van der Waals surface area (Å²) < 4.78 is 4.05. The van der Waals surface area contributed by atoms with Crippen molar-refractivity contribution >= 4 is 22.4 Å². The first kappa shape index (κ1) is 9.32. The molecule has 0 spiro atoms. The largest absolute Gasteiger partial charge is 0.383 e. The van der Waals surface area contributed by atoms with Gasteiger partial charge in [-0.1, -0.05) is 13.3 Å². The van der Waals surface area contributed by atoms with E-state index in [9.17, 15) is 0 Å². The first-order valence-electron chi connectivity index (χ1n) is 4.21. The summed E-state index contributed by atoms with van der Waals surface area (Å²) in [6, 6.07) is 0. The first-order valence-corrected chi connectivity index (χ1v) is 4.98. The van der Waals surface area contributed by atoms with E-state index in [2.05, 4.69) is 16.6 Å². The Labute approximate surface area is 77.1 Å². The van der Waals surface area contributed by atoms with Crippen LogP contribution < -0.4 is 11.1 Å². The molecule has 0 aliphatic carbocycles. The topological polar surface area (TPSA) is 50.9 Å². The fraction of sp³-hybridized carbons (Fsp3) is 0.625. The van der Waals surface area contributed by atoms with E-state index in [-0.39, 0.29) is 0 Å². The highest BCUT2D eigenvalue weighted by atomic mass is 32.1. The molecule has 1 aromatic rings. The number of hydrogen-bond acceptors (Lipinski definition) is 4. The lowest BCUT2D eigenvalue weighted by atomic mass is 10.3. The van der Waals surface area contributed by atoms with E-state index in [0.717, 1.165) is 17.1 Å². The average Bonchev–Trinajstić information content (AvgIpc) is 2.36. The van der Waals surface area contributed by atoms with Crippen molar-refractivity contribution in [2.24, 2.45) is 0 Å². The smallest absolute Gasteiger partial charge is 0.142 e. The molecule has 0 saturated carbocycles. The maximum Gasteiger partial charge on any atom is 0.142 e. The molecule has 68 valence electrons. The Hall–Kier alpha value is -0.770. The Morgan fingerprint density at radius 2 is 2.33 bits per heavy atom. The second-order valence-electron chi connectivity index (χ2n) is 2.80. The van der Waals surface area contributed by atoms with E-state index in [1.54, 1.807) is 0 Å². The maximum atomic E-state index is 5.60. The van der Waals surface area contributed by atoms with Crippen molar-refractivity contribution in [1.29, 1.82) is 0 Å². The van der Waals surface area contributed by atoms with Gasteiger partial charge in [0.2, 0.25) is 0 Å². The van der Waals surface area contributed by atoms with E-state index in [0.29, 0.717) is 5.82 Å². The number of unbranched alkanes of at least 4 members (excludes halogenated alkanes) is 1. The molecule has 3 nitrogen and oxygen atoms in total. The van der Waals surface area contributed by atoms with E-state index in [1.165, 1.54) is 24.4 Å². The Kier molecular flexibility index (Phi) is 3.34. The van der Waals surface area contributed by atoms with Crippen LogP contribution >= 0.6 is 11.5 Å². The number of nitrogens with zero attached hydrogens (tertiary/aromatic N) is 1. The lowest BCUT2D eigenvalue weighted by Crippen LogP contribution is -2.00.